The molecule has 1 fully saturated rings. The van der Waals surface area contributed by atoms with Crippen LogP contribution >= 0.6 is 0 Å². The highest BCUT2D eigenvalue weighted by atomic mass is 15.2. The van der Waals surface area contributed by atoms with Crippen molar-refractivity contribution in [3.63, 3.8) is 0 Å². The van der Waals surface area contributed by atoms with Gasteiger partial charge in [-0.2, -0.15) is 0 Å². The van der Waals surface area contributed by atoms with Crippen LogP contribution in [0.15, 0.2) is 28.5 Å². The van der Waals surface area contributed by atoms with Crippen molar-refractivity contribution in [3.8, 4) is 0 Å². The average Bonchev–Trinajstić information content (AvgIpc) is 2.27. The second-order valence-electron chi connectivity index (χ2n) is 4.36. The molecule has 0 spiro atoms. The van der Waals surface area contributed by atoms with Gasteiger partial charge in [-0.05, 0) is 45.4 Å². The van der Waals surface area contributed by atoms with Crippen LogP contribution < -0.4 is 0 Å². The van der Waals surface area contributed by atoms with Crippen LogP contribution in [0.1, 0.15) is 33.6 Å². The average molecular weight is 206 g/mol. The third-order valence-corrected chi connectivity index (χ3v) is 3.08. The normalized spacial score (nSPS) is 20.6. The molecule has 0 aromatic carbocycles. The van der Waals surface area contributed by atoms with Gasteiger partial charge in [-0.15, -0.1) is 0 Å². The molecule has 2 heteroatoms. The van der Waals surface area contributed by atoms with Crippen LogP contribution in [0.25, 0.3) is 0 Å². The summed E-state index contributed by atoms with van der Waals surface area (Å²) in [6.45, 7) is 12.3. The standard InChI is InChI=1S/C13H22N2/c1-5-11(2)10-13(14-4)15-8-6-12(3)7-9-15/h5,10,12H,4,6-9H2,1-3H3/b11-5-,13-10+. The smallest absolute Gasteiger partial charge is 0.127 e. The number of likely N-dealkylation sites (tertiary alicyclic amines) is 1. The molecule has 0 unspecified atom stereocenters. The molecule has 0 aromatic rings. The minimum atomic E-state index is 0.857. The van der Waals surface area contributed by atoms with Gasteiger partial charge in [0.25, 0.3) is 0 Å². The van der Waals surface area contributed by atoms with Crippen molar-refractivity contribution in [2.75, 3.05) is 13.1 Å². The van der Waals surface area contributed by atoms with Crippen molar-refractivity contribution in [2.45, 2.75) is 33.6 Å². The molecule has 2 nitrogen and oxygen atoms in total. The molecule has 1 saturated heterocycles. The molecule has 0 amide bonds. The first-order valence-electron chi connectivity index (χ1n) is 5.73. The topological polar surface area (TPSA) is 15.6 Å². The summed E-state index contributed by atoms with van der Waals surface area (Å²) in [6.07, 6.45) is 6.74. The lowest BCUT2D eigenvalue weighted by Crippen LogP contribution is -2.31. The zero-order valence-electron chi connectivity index (χ0n) is 10.2. The van der Waals surface area contributed by atoms with Crippen molar-refractivity contribution in [1.82, 2.24) is 4.90 Å². The second-order valence-corrected chi connectivity index (χ2v) is 4.36. The largest absolute Gasteiger partial charge is 0.357 e. The van der Waals surface area contributed by atoms with Crippen molar-refractivity contribution >= 4 is 6.72 Å². The van der Waals surface area contributed by atoms with E-state index < -0.39 is 0 Å². The molecule has 0 saturated carbocycles. The molecule has 0 radical (unpaired) electrons. The van der Waals surface area contributed by atoms with Gasteiger partial charge in [-0.25, -0.2) is 4.99 Å². The van der Waals surface area contributed by atoms with E-state index in [2.05, 4.69) is 42.6 Å². The van der Waals surface area contributed by atoms with Crippen LogP contribution in [-0.2, 0) is 0 Å². The van der Waals surface area contributed by atoms with E-state index in [0.29, 0.717) is 0 Å². The van der Waals surface area contributed by atoms with Crippen LogP contribution in [0.2, 0.25) is 0 Å². The Hall–Kier alpha value is -1.05. The number of allylic oxidation sites excluding steroid dienone is 3. The summed E-state index contributed by atoms with van der Waals surface area (Å²) in [5, 5.41) is 0. The van der Waals surface area contributed by atoms with Crippen LogP contribution in [0, 0.1) is 5.92 Å². The van der Waals surface area contributed by atoms with Gasteiger partial charge in [-0.1, -0.05) is 18.6 Å². The monoisotopic (exact) mass is 206 g/mol. The summed E-state index contributed by atoms with van der Waals surface area (Å²) < 4.78 is 0. The Morgan fingerprint density at radius 3 is 2.47 bits per heavy atom. The summed E-state index contributed by atoms with van der Waals surface area (Å²) in [4.78, 5) is 6.45. The van der Waals surface area contributed by atoms with Crippen molar-refractivity contribution in [3.05, 3.63) is 23.5 Å². The third kappa shape index (κ3) is 3.54. The summed E-state index contributed by atoms with van der Waals surface area (Å²) in [7, 11) is 0. The van der Waals surface area contributed by atoms with Crippen LogP contribution in [-0.4, -0.2) is 24.7 Å². The van der Waals surface area contributed by atoms with Crippen LogP contribution in [0.4, 0.5) is 0 Å². The second kappa shape index (κ2) is 5.74. The number of hydrogen-bond acceptors (Lipinski definition) is 2. The van der Waals surface area contributed by atoms with E-state index in [1.165, 1.54) is 18.4 Å². The molecule has 0 aromatic heterocycles. The Kier molecular flexibility index (Phi) is 4.60. The minimum absolute atomic E-state index is 0.857. The first kappa shape index (κ1) is 12.0. The minimum Gasteiger partial charge on any atom is -0.357 e. The molecule has 0 bridgehead atoms. The number of rotatable bonds is 3. The zero-order chi connectivity index (χ0) is 11.3. The van der Waals surface area contributed by atoms with Crippen molar-refractivity contribution in [2.24, 2.45) is 10.9 Å². The van der Waals surface area contributed by atoms with E-state index in [1.54, 1.807) is 0 Å². The van der Waals surface area contributed by atoms with E-state index in [4.69, 9.17) is 0 Å². The first-order chi connectivity index (χ1) is 7.17. The number of aliphatic imine (C=N–C) groups is 1. The molecule has 15 heavy (non-hydrogen) atoms. The fraction of sp³-hybridized carbons (Fsp3) is 0.615. The van der Waals surface area contributed by atoms with Gasteiger partial charge in [-0.3, -0.25) is 0 Å². The van der Waals surface area contributed by atoms with E-state index in [9.17, 15) is 0 Å². The lowest BCUT2D eigenvalue weighted by molar-refractivity contribution is 0.236. The molecule has 0 atom stereocenters. The van der Waals surface area contributed by atoms with Gasteiger partial charge in [0.05, 0.1) is 0 Å². The number of hydrogen-bond donors (Lipinski definition) is 0. The van der Waals surface area contributed by atoms with Gasteiger partial charge in [0.1, 0.15) is 5.82 Å². The van der Waals surface area contributed by atoms with E-state index in [0.717, 1.165) is 24.8 Å². The van der Waals surface area contributed by atoms with Gasteiger partial charge in [0.15, 0.2) is 0 Å². The van der Waals surface area contributed by atoms with Crippen molar-refractivity contribution < 1.29 is 0 Å². The lowest BCUT2D eigenvalue weighted by Gasteiger charge is -2.32. The van der Waals surface area contributed by atoms with Crippen molar-refractivity contribution in [1.29, 1.82) is 0 Å². The number of piperidine rings is 1. The molecule has 0 N–H and O–H groups in total. The Morgan fingerprint density at radius 1 is 1.40 bits per heavy atom. The van der Waals surface area contributed by atoms with E-state index in [1.807, 2.05) is 6.92 Å². The van der Waals surface area contributed by atoms with Gasteiger partial charge in [0, 0.05) is 13.1 Å². The maximum Gasteiger partial charge on any atom is 0.127 e. The maximum atomic E-state index is 4.12. The van der Waals surface area contributed by atoms with E-state index in [-0.39, 0.29) is 0 Å². The Bertz CT molecular complexity index is 268. The van der Waals surface area contributed by atoms with Gasteiger partial charge >= 0.3 is 0 Å². The molecular weight excluding hydrogens is 184 g/mol. The molecular formula is C13H22N2. The predicted octanol–water partition coefficient (Wildman–Crippen LogP) is 3.23. The predicted molar refractivity (Wildman–Crippen MR) is 67.0 cm³/mol. The Morgan fingerprint density at radius 2 is 2.00 bits per heavy atom. The molecule has 1 heterocycles. The fourth-order valence-corrected chi connectivity index (χ4v) is 1.76. The first-order valence-corrected chi connectivity index (χ1v) is 5.73. The summed E-state index contributed by atoms with van der Waals surface area (Å²) in [6, 6.07) is 0. The summed E-state index contributed by atoms with van der Waals surface area (Å²) >= 11 is 0. The maximum absolute atomic E-state index is 4.12. The molecule has 1 aliphatic rings. The Balaban J connectivity index is 2.67. The summed E-state index contributed by atoms with van der Waals surface area (Å²) in [5.41, 5.74) is 1.25. The van der Waals surface area contributed by atoms with Gasteiger partial charge in [0.2, 0.25) is 0 Å². The van der Waals surface area contributed by atoms with E-state index >= 15 is 0 Å². The highest BCUT2D eigenvalue weighted by Gasteiger charge is 2.16. The molecule has 84 valence electrons. The highest BCUT2D eigenvalue weighted by molar-refractivity contribution is 5.31. The third-order valence-electron chi connectivity index (χ3n) is 3.08. The zero-order valence-corrected chi connectivity index (χ0v) is 10.2. The fourth-order valence-electron chi connectivity index (χ4n) is 1.76. The quantitative estimate of drug-likeness (QED) is 0.511. The number of nitrogens with zero attached hydrogens (tertiary/aromatic N) is 2. The van der Waals surface area contributed by atoms with Crippen LogP contribution in [0.3, 0.4) is 0 Å². The van der Waals surface area contributed by atoms with Gasteiger partial charge < -0.3 is 4.90 Å². The van der Waals surface area contributed by atoms with Crippen LogP contribution in [0.5, 0.6) is 0 Å². The summed E-state index contributed by atoms with van der Waals surface area (Å²) in [5.74, 6) is 1.88. The molecule has 0 aliphatic carbocycles. The SMILES string of the molecule is C=N/C(=C\C(C)=C/C)N1CCC(C)CC1. The highest BCUT2D eigenvalue weighted by Crippen LogP contribution is 2.20. The molecule has 1 rings (SSSR count). The Labute approximate surface area is 93.4 Å². The molecule has 1 aliphatic heterocycles. The lowest BCUT2D eigenvalue weighted by atomic mass is 9.99.